The van der Waals surface area contributed by atoms with E-state index in [9.17, 15) is 18.0 Å². The fourth-order valence-electron chi connectivity index (χ4n) is 3.03. The molecule has 1 saturated heterocycles. The molecule has 144 valence electrons. The minimum atomic E-state index is -4.44. The minimum absolute atomic E-state index is 0.110. The van der Waals surface area contributed by atoms with Gasteiger partial charge in [-0.3, -0.25) is 4.79 Å². The smallest absolute Gasteiger partial charge is 0.339 e. The van der Waals surface area contributed by atoms with Crippen molar-refractivity contribution in [2.75, 3.05) is 31.1 Å². The molecule has 1 aromatic heterocycles. The third-order valence-corrected chi connectivity index (χ3v) is 4.58. The number of aromatic nitrogens is 2. The number of carbonyl (C=O) groups is 1. The highest BCUT2D eigenvalue weighted by atomic mass is 19.4. The van der Waals surface area contributed by atoms with Crippen LogP contribution in [0.1, 0.15) is 24.0 Å². The van der Waals surface area contributed by atoms with Crippen LogP contribution in [0.25, 0.3) is 0 Å². The number of hydrogen-bond acceptors (Lipinski definition) is 4. The summed E-state index contributed by atoms with van der Waals surface area (Å²) in [4.78, 5) is 23.6. The van der Waals surface area contributed by atoms with Crippen molar-refractivity contribution in [1.29, 1.82) is 0 Å². The van der Waals surface area contributed by atoms with Crippen LogP contribution < -0.4 is 4.90 Å². The number of piperazine rings is 1. The Morgan fingerprint density at radius 2 is 1.63 bits per heavy atom. The summed E-state index contributed by atoms with van der Waals surface area (Å²) in [6.45, 7) is 2.06. The summed E-state index contributed by atoms with van der Waals surface area (Å²) >= 11 is 0. The molecule has 1 amide bonds. The van der Waals surface area contributed by atoms with Gasteiger partial charge in [-0.1, -0.05) is 30.3 Å². The van der Waals surface area contributed by atoms with Gasteiger partial charge in [-0.05, 0) is 18.4 Å². The Kier molecular flexibility index (Phi) is 5.93. The first kappa shape index (κ1) is 19.1. The van der Waals surface area contributed by atoms with E-state index in [4.69, 9.17) is 0 Å². The van der Waals surface area contributed by atoms with Crippen LogP contribution in [0.5, 0.6) is 0 Å². The molecule has 0 aliphatic carbocycles. The second-order valence-electron chi connectivity index (χ2n) is 6.48. The Labute approximate surface area is 155 Å². The highest BCUT2D eigenvalue weighted by Gasteiger charge is 2.32. The molecule has 0 atom stereocenters. The van der Waals surface area contributed by atoms with E-state index in [0.717, 1.165) is 25.2 Å². The van der Waals surface area contributed by atoms with Crippen molar-refractivity contribution < 1.29 is 18.0 Å². The van der Waals surface area contributed by atoms with Gasteiger partial charge in [-0.25, -0.2) is 9.97 Å². The molecule has 0 radical (unpaired) electrons. The minimum Gasteiger partial charge on any atom is -0.339 e. The lowest BCUT2D eigenvalue weighted by Gasteiger charge is -2.34. The number of hydrogen-bond donors (Lipinski definition) is 0. The number of aryl methyl sites for hydroxylation is 1. The van der Waals surface area contributed by atoms with Crippen molar-refractivity contribution in [1.82, 2.24) is 14.9 Å². The summed E-state index contributed by atoms with van der Waals surface area (Å²) in [7, 11) is 0. The maximum absolute atomic E-state index is 12.6. The van der Waals surface area contributed by atoms with Gasteiger partial charge in [0.25, 0.3) is 0 Å². The lowest BCUT2D eigenvalue weighted by atomic mass is 10.1. The van der Waals surface area contributed by atoms with Gasteiger partial charge < -0.3 is 9.80 Å². The molecule has 1 fully saturated rings. The molecule has 5 nitrogen and oxygen atoms in total. The monoisotopic (exact) mass is 378 g/mol. The number of halogens is 3. The molecule has 1 aliphatic rings. The number of amides is 1. The Balaban J connectivity index is 1.45. The fraction of sp³-hybridized carbons (Fsp3) is 0.421. The maximum atomic E-state index is 12.6. The standard InChI is InChI=1S/C19H21F3N4O/c20-19(21,22)16-13-23-18(24-14-16)26-11-9-25(10-12-26)17(27)8-4-7-15-5-2-1-3-6-15/h1-3,5-6,13-14H,4,7-12H2. The van der Waals surface area contributed by atoms with E-state index in [1.807, 2.05) is 30.3 Å². The van der Waals surface area contributed by atoms with Crippen molar-refractivity contribution in [3.05, 3.63) is 53.9 Å². The normalized spacial score (nSPS) is 15.1. The topological polar surface area (TPSA) is 49.3 Å². The predicted molar refractivity (Wildman–Crippen MR) is 95.2 cm³/mol. The van der Waals surface area contributed by atoms with Gasteiger partial charge in [-0.15, -0.1) is 0 Å². The molecule has 27 heavy (non-hydrogen) atoms. The highest BCUT2D eigenvalue weighted by molar-refractivity contribution is 5.76. The van der Waals surface area contributed by atoms with Crippen LogP contribution in [0.4, 0.5) is 19.1 Å². The van der Waals surface area contributed by atoms with Crippen LogP contribution >= 0.6 is 0 Å². The summed E-state index contributed by atoms with van der Waals surface area (Å²) in [5.41, 5.74) is 0.355. The number of alkyl halides is 3. The molecule has 8 heteroatoms. The third-order valence-electron chi connectivity index (χ3n) is 4.58. The Morgan fingerprint density at radius 3 is 2.22 bits per heavy atom. The van der Waals surface area contributed by atoms with E-state index in [0.29, 0.717) is 32.6 Å². The zero-order valence-corrected chi connectivity index (χ0v) is 14.8. The van der Waals surface area contributed by atoms with Gasteiger partial charge in [0.05, 0.1) is 5.56 Å². The summed E-state index contributed by atoms with van der Waals surface area (Å²) in [6, 6.07) is 10.0. The largest absolute Gasteiger partial charge is 0.419 e. The molecular formula is C19H21F3N4O. The van der Waals surface area contributed by atoms with Gasteiger partial charge in [0.1, 0.15) is 0 Å². The van der Waals surface area contributed by atoms with Gasteiger partial charge in [0, 0.05) is 45.0 Å². The molecular weight excluding hydrogens is 357 g/mol. The van der Waals surface area contributed by atoms with E-state index in [1.165, 1.54) is 5.56 Å². The first-order chi connectivity index (χ1) is 12.9. The molecule has 0 N–H and O–H groups in total. The Morgan fingerprint density at radius 1 is 1.00 bits per heavy atom. The first-order valence-corrected chi connectivity index (χ1v) is 8.89. The van der Waals surface area contributed by atoms with Crippen molar-refractivity contribution in [2.45, 2.75) is 25.4 Å². The molecule has 2 aromatic rings. The number of anilines is 1. The zero-order valence-electron chi connectivity index (χ0n) is 14.8. The third kappa shape index (κ3) is 5.18. The van der Waals surface area contributed by atoms with E-state index in [-0.39, 0.29) is 11.9 Å². The van der Waals surface area contributed by atoms with Crippen LogP contribution in [0.15, 0.2) is 42.7 Å². The van der Waals surface area contributed by atoms with Crippen LogP contribution in [0.2, 0.25) is 0 Å². The van der Waals surface area contributed by atoms with Crippen molar-refractivity contribution >= 4 is 11.9 Å². The fourth-order valence-corrected chi connectivity index (χ4v) is 3.03. The van der Waals surface area contributed by atoms with Crippen LogP contribution in [0, 0.1) is 0 Å². The predicted octanol–water partition coefficient (Wildman–Crippen LogP) is 3.17. The number of nitrogens with zero attached hydrogens (tertiary/aromatic N) is 4. The van der Waals surface area contributed by atoms with Gasteiger partial charge >= 0.3 is 6.18 Å². The molecule has 0 bridgehead atoms. The molecule has 0 unspecified atom stereocenters. The average molecular weight is 378 g/mol. The molecule has 3 rings (SSSR count). The summed E-state index contributed by atoms with van der Waals surface area (Å²) in [5.74, 6) is 0.373. The quantitative estimate of drug-likeness (QED) is 0.802. The average Bonchev–Trinajstić information content (AvgIpc) is 2.68. The number of rotatable bonds is 5. The molecule has 0 spiro atoms. The summed E-state index contributed by atoms with van der Waals surface area (Å²) in [5, 5.41) is 0. The van der Waals surface area contributed by atoms with Crippen molar-refractivity contribution in [3.63, 3.8) is 0 Å². The molecule has 1 aromatic carbocycles. The lowest BCUT2D eigenvalue weighted by Crippen LogP contribution is -2.49. The Hall–Kier alpha value is -2.64. The van der Waals surface area contributed by atoms with Gasteiger partial charge in [0.2, 0.25) is 11.9 Å². The van der Waals surface area contributed by atoms with Crippen molar-refractivity contribution in [2.24, 2.45) is 0 Å². The highest BCUT2D eigenvalue weighted by Crippen LogP contribution is 2.28. The zero-order chi connectivity index (χ0) is 19.3. The van der Waals surface area contributed by atoms with Gasteiger partial charge in [-0.2, -0.15) is 13.2 Å². The number of benzene rings is 1. The van der Waals surface area contributed by atoms with Gasteiger partial charge in [0.15, 0.2) is 0 Å². The second-order valence-corrected chi connectivity index (χ2v) is 6.48. The van der Waals surface area contributed by atoms with Crippen LogP contribution in [-0.2, 0) is 17.4 Å². The first-order valence-electron chi connectivity index (χ1n) is 8.89. The molecule has 0 saturated carbocycles. The van der Waals surface area contributed by atoms with E-state index >= 15 is 0 Å². The van der Waals surface area contributed by atoms with E-state index < -0.39 is 11.7 Å². The lowest BCUT2D eigenvalue weighted by molar-refractivity contribution is -0.138. The van der Waals surface area contributed by atoms with E-state index in [1.54, 1.807) is 9.80 Å². The SMILES string of the molecule is O=C(CCCc1ccccc1)N1CCN(c2ncc(C(F)(F)F)cn2)CC1. The number of carbonyl (C=O) groups excluding carboxylic acids is 1. The summed E-state index contributed by atoms with van der Waals surface area (Å²) in [6.07, 6.45) is -0.695. The Bertz CT molecular complexity index is 742. The molecule has 2 heterocycles. The second kappa shape index (κ2) is 8.37. The molecule has 1 aliphatic heterocycles. The summed E-state index contributed by atoms with van der Waals surface area (Å²) < 4.78 is 37.7. The van der Waals surface area contributed by atoms with Crippen LogP contribution in [-0.4, -0.2) is 47.0 Å². The van der Waals surface area contributed by atoms with Crippen molar-refractivity contribution in [3.8, 4) is 0 Å². The maximum Gasteiger partial charge on any atom is 0.419 e. The van der Waals surface area contributed by atoms with E-state index in [2.05, 4.69) is 9.97 Å². The van der Waals surface area contributed by atoms with Crippen LogP contribution in [0.3, 0.4) is 0 Å².